The summed E-state index contributed by atoms with van der Waals surface area (Å²) < 4.78 is 11.7. The van der Waals surface area contributed by atoms with Gasteiger partial charge in [-0.1, -0.05) is 30.3 Å². The summed E-state index contributed by atoms with van der Waals surface area (Å²) in [4.78, 5) is 2.65. The van der Waals surface area contributed by atoms with Crippen molar-refractivity contribution < 1.29 is 9.47 Å². The minimum atomic E-state index is 0. The smallest absolute Gasteiger partial charge is 0.119 e. The second-order valence-corrected chi connectivity index (χ2v) is 8.78. The van der Waals surface area contributed by atoms with Crippen LogP contribution in [0.15, 0.2) is 48.5 Å². The normalized spacial score (nSPS) is 26.2. The first kappa shape index (κ1) is 21.5. The topological polar surface area (TPSA) is 33.7 Å². The van der Waals surface area contributed by atoms with Gasteiger partial charge in [-0.25, -0.2) is 0 Å². The Kier molecular flexibility index (Phi) is 6.87. The Morgan fingerprint density at radius 2 is 1.87 bits per heavy atom. The molecule has 2 saturated heterocycles. The zero-order chi connectivity index (χ0) is 19.6. The fourth-order valence-corrected chi connectivity index (χ4v) is 5.55. The number of nitrogens with one attached hydrogen (secondary N) is 1. The predicted octanol–water partition coefficient (Wildman–Crippen LogP) is 4.94. The third kappa shape index (κ3) is 4.32. The molecular formula is C25H33ClN2O2. The van der Waals surface area contributed by atoms with Crippen LogP contribution in [0.4, 0.5) is 5.69 Å². The fourth-order valence-electron chi connectivity index (χ4n) is 5.55. The summed E-state index contributed by atoms with van der Waals surface area (Å²) in [5, 5.41) is 3.91. The Hall–Kier alpha value is -1.75. The van der Waals surface area contributed by atoms with Crippen molar-refractivity contribution in [2.45, 2.75) is 37.8 Å². The maximum Gasteiger partial charge on any atom is 0.119 e. The highest BCUT2D eigenvalue weighted by molar-refractivity contribution is 5.85. The average Bonchev–Trinajstić information content (AvgIpc) is 3.28. The number of methoxy groups -OCH3 is 1. The summed E-state index contributed by atoms with van der Waals surface area (Å²) in [7, 11) is 1.74. The lowest BCUT2D eigenvalue weighted by Crippen LogP contribution is -2.46. The summed E-state index contributed by atoms with van der Waals surface area (Å²) in [6, 6.07) is 17.8. The summed E-state index contributed by atoms with van der Waals surface area (Å²) in [5.41, 5.74) is 3.97. The molecule has 2 aromatic carbocycles. The van der Waals surface area contributed by atoms with Gasteiger partial charge >= 0.3 is 0 Å². The number of piperidine rings is 1. The first-order valence-corrected chi connectivity index (χ1v) is 11.1. The Morgan fingerprint density at radius 3 is 2.63 bits per heavy atom. The van der Waals surface area contributed by atoms with Crippen LogP contribution in [0, 0.1) is 11.8 Å². The zero-order valence-electron chi connectivity index (χ0n) is 17.8. The highest BCUT2D eigenvalue weighted by Crippen LogP contribution is 2.48. The summed E-state index contributed by atoms with van der Waals surface area (Å²) in [5.74, 6) is 2.23. The summed E-state index contributed by atoms with van der Waals surface area (Å²) in [6.07, 6.45) is 5.10. The minimum absolute atomic E-state index is 0. The van der Waals surface area contributed by atoms with Gasteiger partial charge in [0.2, 0.25) is 0 Å². The molecule has 2 fully saturated rings. The van der Waals surface area contributed by atoms with E-state index in [-0.39, 0.29) is 18.5 Å². The van der Waals surface area contributed by atoms with Crippen molar-refractivity contribution in [3.05, 3.63) is 59.7 Å². The number of ether oxygens (including phenoxy) is 2. The van der Waals surface area contributed by atoms with E-state index in [1.165, 1.54) is 49.3 Å². The molecule has 4 nitrogen and oxygen atoms in total. The van der Waals surface area contributed by atoms with Crippen molar-refractivity contribution >= 4 is 18.1 Å². The van der Waals surface area contributed by atoms with Gasteiger partial charge in [0.15, 0.2) is 0 Å². The number of hydrogen-bond donors (Lipinski definition) is 1. The molecule has 0 saturated carbocycles. The van der Waals surface area contributed by atoms with Crippen LogP contribution in [0.2, 0.25) is 0 Å². The molecule has 30 heavy (non-hydrogen) atoms. The van der Waals surface area contributed by atoms with Gasteiger partial charge in [-0.2, -0.15) is 0 Å². The molecule has 2 aromatic rings. The fraction of sp³-hybridized carbons (Fsp3) is 0.520. The molecular weight excluding hydrogens is 396 g/mol. The van der Waals surface area contributed by atoms with E-state index in [0.717, 1.165) is 31.1 Å². The number of halogens is 1. The van der Waals surface area contributed by atoms with E-state index in [9.17, 15) is 0 Å². The molecule has 0 aromatic heterocycles. The number of fused-ring (bicyclic) bond motifs is 3. The van der Waals surface area contributed by atoms with Gasteiger partial charge in [0.1, 0.15) is 5.75 Å². The van der Waals surface area contributed by atoms with Gasteiger partial charge in [-0.15, -0.1) is 12.4 Å². The molecule has 0 radical (unpaired) electrons. The van der Waals surface area contributed by atoms with Gasteiger partial charge in [0, 0.05) is 36.4 Å². The van der Waals surface area contributed by atoms with Crippen molar-refractivity contribution in [2.75, 3.05) is 38.7 Å². The van der Waals surface area contributed by atoms with Gasteiger partial charge in [-0.3, -0.25) is 0 Å². The van der Waals surface area contributed by atoms with Crippen LogP contribution in [-0.2, 0) is 11.2 Å². The SMILES string of the molecule is COc1ccc2c(c1)[C@H]1OCC[C@H]1[C@@H](C1CCN(CCc3ccccc3)CC1)N2.Cl. The Bertz CT molecular complexity index is 823. The lowest BCUT2D eigenvalue weighted by molar-refractivity contribution is 0.0679. The molecule has 3 aliphatic rings. The van der Waals surface area contributed by atoms with E-state index >= 15 is 0 Å². The zero-order valence-corrected chi connectivity index (χ0v) is 18.6. The van der Waals surface area contributed by atoms with Crippen LogP contribution in [0.5, 0.6) is 5.75 Å². The number of rotatable bonds is 5. The third-order valence-electron chi connectivity index (χ3n) is 7.19. The van der Waals surface area contributed by atoms with Gasteiger partial charge < -0.3 is 19.7 Å². The standard InChI is InChI=1S/C25H32N2O2.ClH/c1-28-20-7-8-23-22(17-20)25-21(12-16-29-25)24(26-23)19-10-14-27(15-11-19)13-9-18-5-3-2-4-6-18;/h2-8,17,19,21,24-26H,9-16H2,1H3;1H/t21-,24+,25-;/m0./s1. The molecule has 0 aliphatic carbocycles. The molecule has 0 unspecified atom stereocenters. The van der Waals surface area contributed by atoms with E-state index in [0.29, 0.717) is 12.0 Å². The van der Waals surface area contributed by atoms with Gasteiger partial charge in [0.25, 0.3) is 0 Å². The van der Waals surface area contributed by atoms with E-state index < -0.39 is 0 Å². The maximum absolute atomic E-state index is 6.21. The van der Waals surface area contributed by atoms with Crippen LogP contribution in [-0.4, -0.2) is 44.3 Å². The van der Waals surface area contributed by atoms with Crippen LogP contribution in [0.1, 0.15) is 36.5 Å². The number of nitrogens with zero attached hydrogens (tertiary/aromatic N) is 1. The first-order valence-electron chi connectivity index (χ1n) is 11.1. The maximum atomic E-state index is 6.21. The van der Waals surface area contributed by atoms with Crippen molar-refractivity contribution in [2.24, 2.45) is 11.8 Å². The van der Waals surface area contributed by atoms with Crippen molar-refractivity contribution in [3.8, 4) is 5.75 Å². The number of likely N-dealkylation sites (tertiary alicyclic amines) is 1. The molecule has 0 spiro atoms. The molecule has 1 N–H and O–H groups in total. The molecule has 3 atom stereocenters. The minimum Gasteiger partial charge on any atom is -0.497 e. The Labute approximate surface area is 186 Å². The molecule has 5 heteroatoms. The van der Waals surface area contributed by atoms with E-state index in [4.69, 9.17) is 9.47 Å². The number of hydrogen-bond acceptors (Lipinski definition) is 4. The van der Waals surface area contributed by atoms with Crippen molar-refractivity contribution in [1.29, 1.82) is 0 Å². The highest BCUT2D eigenvalue weighted by atomic mass is 35.5. The highest BCUT2D eigenvalue weighted by Gasteiger charge is 2.44. The first-order chi connectivity index (χ1) is 14.3. The summed E-state index contributed by atoms with van der Waals surface area (Å²) in [6.45, 7) is 4.47. The molecule has 5 rings (SSSR count). The van der Waals surface area contributed by atoms with Crippen molar-refractivity contribution in [1.82, 2.24) is 4.90 Å². The van der Waals surface area contributed by atoms with E-state index in [2.05, 4.69) is 58.7 Å². The quantitative estimate of drug-likeness (QED) is 0.731. The molecule has 3 heterocycles. The lowest BCUT2D eigenvalue weighted by Gasteiger charge is -2.43. The average molecular weight is 429 g/mol. The predicted molar refractivity (Wildman–Crippen MR) is 124 cm³/mol. The van der Waals surface area contributed by atoms with E-state index in [1.54, 1.807) is 7.11 Å². The number of anilines is 1. The molecule has 0 amide bonds. The van der Waals surface area contributed by atoms with Gasteiger partial charge in [-0.05, 0) is 68.5 Å². The Morgan fingerprint density at radius 1 is 1.07 bits per heavy atom. The largest absolute Gasteiger partial charge is 0.497 e. The molecule has 162 valence electrons. The Balaban J connectivity index is 0.00000218. The number of benzene rings is 2. The van der Waals surface area contributed by atoms with E-state index in [1.807, 2.05) is 0 Å². The third-order valence-corrected chi connectivity index (χ3v) is 7.19. The summed E-state index contributed by atoms with van der Waals surface area (Å²) >= 11 is 0. The molecule has 3 aliphatic heterocycles. The molecule has 0 bridgehead atoms. The second kappa shape index (κ2) is 9.59. The van der Waals surface area contributed by atoms with Crippen LogP contribution < -0.4 is 10.1 Å². The van der Waals surface area contributed by atoms with Gasteiger partial charge in [0.05, 0.1) is 13.2 Å². The van der Waals surface area contributed by atoms with Crippen molar-refractivity contribution in [3.63, 3.8) is 0 Å². The van der Waals surface area contributed by atoms with Crippen LogP contribution in [0.25, 0.3) is 0 Å². The second-order valence-electron chi connectivity index (χ2n) is 8.78. The van der Waals surface area contributed by atoms with Crippen LogP contribution in [0.3, 0.4) is 0 Å². The lowest BCUT2D eigenvalue weighted by atomic mass is 9.75. The van der Waals surface area contributed by atoms with Crippen LogP contribution >= 0.6 is 12.4 Å². The monoisotopic (exact) mass is 428 g/mol.